The molecule has 0 aliphatic carbocycles. The van der Waals surface area contributed by atoms with Gasteiger partial charge in [-0.05, 0) is 50.6 Å². The molecule has 34 heavy (non-hydrogen) atoms. The Morgan fingerprint density at radius 2 is 1.71 bits per heavy atom. The van der Waals surface area contributed by atoms with E-state index in [0.717, 1.165) is 4.90 Å². The van der Waals surface area contributed by atoms with Crippen LogP contribution in [0.5, 0.6) is 5.75 Å². The van der Waals surface area contributed by atoms with Crippen LogP contribution in [0.2, 0.25) is 0 Å². The van der Waals surface area contributed by atoms with Crippen molar-refractivity contribution < 1.29 is 29.0 Å². The fourth-order valence-corrected chi connectivity index (χ4v) is 3.01. The van der Waals surface area contributed by atoms with Gasteiger partial charge in [0.1, 0.15) is 23.4 Å². The average Bonchev–Trinajstić information content (AvgIpc) is 2.80. The predicted octanol–water partition coefficient (Wildman–Crippen LogP) is 2.68. The Morgan fingerprint density at radius 3 is 2.21 bits per heavy atom. The number of hydrogen-bond acceptors (Lipinski definition) is 6. The summed E-state index contributed by atoms with van der Waals surface area (Å²) in [5.41, 5.74) is 0.0829. The van der Waals surface area contributed by atoms with E-state index in [0.29, 0.717) is 17.0 Å². The Kier molecular flexibility index (Phi) is 9.04. The minimum atomic E-state index is -1.43. The maximum atomic E-state index is 13.3. The lowest BCUT2D eigenvalue weighted by Crippen LogP contribution is -2.52. The minimum Gasteiger partial charge on any atom is -0.497 e. The number of nitrogens with zero attached hydrogens (tertiary/aromatic N) is 1. The molecule has 0 radical (unpaired) electrons. The van der Waals surface area contributed by atoms with Gasteiger partial charge in [0, 0.05) is 11.7 Å². The molecule has 0 aromatic heterocycles. The molecule has 0 fully saturated rings. The highest BCUT2D eigenvalue weighted by molar-refractivity contribution is 5.99. The molecule has 0 saturated heterocycles. The standard InChI is InChI=1S/C25H29N3O6/c1-6-28(23(31)20(16-29)27-24(32)34-25(2,3)4)21(17-10-8-7-9-11-17)22(30)26-18-12-14-19(33-5)15-13-18/h1,7-15,20-21,29H,16H2,2-5H3,(H,26,30)(H,27,32). The molecule has 9 nitrogen and oxygen atoms in total. The van der Waals surface area contributed by atoms with Crippen molar-refractivity contribution in [3.05, 3.63) is 60.2 Å². The number of nitrogens with one attached hydrogen (secondary N) is 2. The van der Waals surface area contributed by atoms with Gasteiger partial charge in [0.05, 0.1) is 13.7 Å². The lowest BCUT2D eigenvalue weighted by Gasteiger charge is -2.29. The number of benzene rings is 2. The molecule has 0 bridgehead atoms. The number of ether oxygens (including phenoxy) is 2. The fourth-order valence-electron chi connectivity index (χ4n) is 3.01. The molecular weight excluding hydrogens is 438 g/mol. The van der Waals surface area contributed by atoms with E-state index in [1.54, 1.807) is 75.4 Å². The van der Waals surface area contributed by atoms with E-state index in [-0.39, 0.29) is 0 Å². The van der Waals surface area contributed by atoms with Crippen LogP contribution in [0.4, 0.5) is 10.5 Å². The molecule has 0 aliphatic heterocycles. The lowest BCUT2D eigenvalue weighted by molar-refractivity contribution is -0.137. The summed E-state index contributed by atoms with van der Waals surface area (Å²) in [7, 11) is 1.53. The van der Waals surface area contributed by atoms with Gasteiger partial charge in [0.15, 0.2) is 0 Å². The molecule has 2 rings (SSSR count). The maximum absolute atomic E-state index is 13.3. The van der Waals surface area contributed by atoms with Gasteiger partial charge >= 0.3 is 6.09 Å². The predicted molar refractivity (Wildman–Crippen MR) is 127 cm³/mol. The number of carbonyl (C=O) groups is 3. The molecule has 0 aliphatic rings. The first-order chi connectivity index (χ1) is 16.1. The smallest absolute Gasteiger partial charge is 0.408 e. The molecule has 180 valence electrons. The third-order valence-corrected chi connectivity index (χ3v) is 4.53. The number of terminal acetylenes is 1. The number of aliphatic hydroxyl groups excluding tert-OH is 1. The van der Waals surface area contributed by atoms with Gasteiger partial charge in [0.25, 0.3) is 11.8 Å². The molecule has 0 heterocycles. The van der Waals surface area contributed by atoms with Gasteiger partial charge in [0.2, 0.25) is 0 Å². The van der Waals surface area contributed by atoms with Crippen LogP contribution in [0.3, 0.4) is 0 Å². The summed E-state index contributed by atoms with van der Waals surface area (Å²) in [5, 5.41) is 14.8. The second kappa shape index (κ2) is 11.7. The molecule has 3 N–H and O–H groups in total. The second-order valence-electron chi connectivity index (χ2n) is 8.25. The summed E-state index contributed by atoms with van der Waals surface area (Å²) >= 11 is 0. The van der Waals surface area contributed by atoms with E-state index < -0.39 is 42.2 Å². The normalized spacial score (nSPS) is 12.5. The van der Waals surface area contributed by atoms with E-state index in [2.05, 4.69) is 16.7 Å². The number of amides is 3. The van der Waals surface area contributed by atoms with Crippen molar-refractivity contribution in [3.8, 4) is 18.2 Å². The summed E-state index contributed by atoms with van der Waals surface area (Å²) in [6.45, 7) is 4.22. The Labute approximate surface area is 199 Å². The van der Waals surface area contributed by atoms with E-state index in [4.69, 9.17) is 15.9 Å². The third kappa shape index (κ3) is 7.25. The quantitative estimate of drug-likeness (QED) is 0.406. The van der Waals surface area contributed by atoms with E-state index in [1.807, 2.05) is 0 Å². The monoisotopic (exact) mass is 467 g/mol. The zero-order valence-corrected chi connectivity index (χ0v) is 19.6. The Hall–Kier alpha value is -4.03. The number of carbonyl (C=O) groups excluding carboxylic acids is 3. The average molecular weight is 468 g/mol. The maximum Gasteiger partial charge on any atom is 0.408 e. The zero-order chi connectivity index (χ0) is 25.3. The van der Waals surface area contributed by atoms with Crippen molar-refractivity contribution in [1.82, 2.24) is 10.2 Å². The van der Waals surface area contributed by atoms with Crippen LogP contribution in [0, 0.1) is 12.5 Å². The van der Waals surface area contributed by atoms with Crippen LogP contribution < -0.4 is 15.4 Å². The van der Waals surface area contributed by atoms with E-state index in [1.165, 1.54) is 7.11 Å². The van der Waals surface area contributed by atoms with Crippen LogP contribution in [0.1, 0.15) is 32.4 Å². The Morgan fingerprint density at radius 1 is 1.09 bits per heavy atom. The van der Waals surface area contributed by atoms with E-state index >= 15 is 0 Å². The molecule has 2 unspecified atom stereocenters. The first-order valence-corrected chi connectivity index (χ1v) is 10.5. The van der Waals surface area contributed by atoms with Crippen LogP contribution in [-0.4, -0.2) is 53.3 Å². The molecule has 2 aromatic carbocycles. The third-order valence-electron chi connectivity index (χ3n) is 4.53. The summed E-state index contributed by atoms with van der Waals surface area (Å²) in [6.07, 6.45) is 4.73. The molecule has 0 spiro atoms. The van der Waals surface area contributed by atoms with Crippen LogP contribution in [0.25, 0.3) is 0 Å². The highest BCUT2D eigenvalue weighted by Crippen LogP contribution is 2.24. The molecule has 2 atom stereocenters. The number of anilines is 1. The number of hydrogen-bond donors (Lipinski definition) is 3. The summed E-state index contributed by atoms with van der Waals surface area (Å²) in [4.78, 5) is 39.5. The Balaban J connectivity index is 2.33. The van der Waals surface area contributed by atoms with Gasteiger partial charge in [-0.15, -0.1) is 0 Å². The van der Waals surface area contributed by atoms with Crippen molar-refractivity contribution in [2.75, 3.05) is 19.0 Å². The Bertz CT molecular complexity index is 1030. The van der Waals surface area contributed by atoms with E-state index in [9.17, 15) is 19.5 Å². The zero-order valence-electron chi connectivity index (χ0n) is 19.6. The van der Waals surface area contributed by atoms with Gasteiger partial charge in [-0.25, -0.2) is 4.79 Å². The van der Waals surface area contributed by atoms with Crippen LogP contribution in [-0.2, 0) is 14.3 Å². The van der Waals surface area contributed by atoms with Gasteiger partial charge in [-0.3, -0.25) is 14.5 Å². The molecule has 3 amide bonds. The molecule has 9 heteroatoms. The highest BCUT2D eigenvalue weighted by atomic mass is 16.6. The van der Waals surface area contributed by atoms with Crippen molar-refractivity contribution in [1.29, 1.82) is 0 Å². The summed E-state index contributed by atoms with van der Waals surface area (Å²) < 4.78 is 10.3. The van der Waals surface area contributed by atoms with Crippen molar-refractivity contribution >= 4 is 23.6 Å². The topological polar surface area (TPSA) is 117 Å². The van der Waals surface area contributed by atoms with Gasteiger partial charge in [-0.1, -0.05) is 36.8 Å². The highest BCUT2D eigenvalue weighted by Gasteiger charge is 2.35. The number of aliphatic hydroxyl groups is 1. The van der Waals surface area contributed by atoms with Gasteiger partial charge in [-0.2, -0.15) is 0 Å². The van der Waals surface area contributed by atoms with Crippen molar-refractivity contribution in [2.45, 2.75) is 38.5 Å². The molecule has 0 saturated carbocycles. The molecule has 2 aromatic rings. The minimum absolute atomic E-state index is 0.439. The van der Waals surface area contributed by atoms with Crippen molar-refractivity contribution in [3.63, 3.8) is 0 Å². The van der Waals surface area contributed by atoms with Crippen LogP contribution >= 0.6 is 0 Å². The van der Waals surface area contributed by atoms with Crippen molar-refractivity contribution in [2.24, 2.45) is 0 Å². The lowest BCUT2D eigenvalue weighted by atomic mass is 10.0. The number of rotatable bonds is 8. The number of methoxy groups -OCH3 is 1. The first-order valence-electron chi connectivity index (χ1n) is 10.5. The summed E-state index contributed by atoms with van der Waals surface area (Å²) in [6, 6.07) is 14.6. The first kappa shape index (κ1) is 26.2. The number of alkyl carbamates (subject to hydrolysis) is 1. The SMILES string of the molecule is C#CN(C(=O)C(CO)NC(=O)OC(C)(C)C)C(C(=O)Nc1ccc(OC)cc1)c1ccccc1. The fraction of sp³-hybridized carbons (Fsp3) is 0.320. The largest absolute Gasteiger partial charge is 0.497 e. The van der Waals surface area contributed by atoms with Crippen LogP contribution in [0.15, 0.2) is 54.6 Å². The molecular formula is C25H29N3O6. The summed E-state index contributed by atoms with van der Waals surface area (Å²) in [5.74, 6) is -0.830. The van der Waals surface area contributed by atoms with Gasteiger partial charge < -0.3 is 25.2 Å². The second-order valence-corrected chi connectivity index (χ2v) is 8.25.